The van der Waals surface area contributed by atoms with Gasteiger partial charge in [0.1, 0.15) is 0 Å². The van der Waals surface area contributed by atoms with Crippen LogP contribution in [0.15, 0.2) is 0 Å². The Balaban J connectivity index is 1.65. The number of hydrogen-bond acceptors (Lipinski definition) is 5. The second kappa shape index (κ2) is 7.18. The first-order chi connectivity index (χ1) is 9.65. The molecule has 2 heterocycles. The summed E-state index contributed by atoms with van der Waals surface area (Å²) in [6.07, 6.45) is 2.38. The Bertz CT molecular complexity index is 406. The number of nitrogens with zero attached hydrogens (tertiary/aromatic N) is 4. The minimum atomic E-state index is -0.184. The summed E-state index contributed by atoms with van der Waals surface area (Å²) in [5.74, 6) is 1.01. The highest BCUT2D eigenvalue weighted by Gasteiger charge is 2.21. The average Bonchev–Trinajstić information content (AvgIpc) is 2.96. The number of H-pyrrole nitrogens is 1. The summed E-state index contributed by atoms with van der Waals surface area (Å²) in [5.41, 5.74) is 0. The lowest BCUT2D eigenvalue weighted by Crippen LogP contribution is -2.45. The number of urea groups is 1. The van der Waals surface area contributed by atoms with E-state index in [1.807, 2.05) is 0 Å². The van der Waals surface area contributed by atoms with E-state index in [1.165, 1.54) is 12.8 Å². The average molecular weight is 281 g/mol. The molecule has 1 aliphatic heterocycles. The molecule has 0 spiro atoms. The van der Waals surface area contributed by atoms with Crippen LogP contribution in [0.25, 0.3) is 0 Å². The quantitative estimate of drug-likeness (QED) is 0.712. The zero-order chi connectivity index (χ0) is 14.4. The molecule has 1 unspecified atom stereocenters. The number of carbonyl (C=O) groups excluding carboxylic acids is 1. The van der Waals surface area contributed by atoms with Gasteiger partial charge in [-0.1, -0.05) is 5.21 Å². The number of rotatable bonds is 5. The van der Waals surface area contributed by atoms with Gasteiger partial charge in [0, 0.05) is 19.1 Å². The van der Waals surface area contributed by atoms with Gasteiger partial charge in [-0.3, -0.25) is 0 Å². The predicted octanol–water partition coefficient (Wildman–Crippen LogP) is 0.119. The van der Waals surface area contributed by atoms with E-state index >= 15 is 0 Å². The molecule has 1 aliphatic rings. The van der Waals surface area contributed by atoms with E-state index < -0.39 is 0 Å². The number of tetrazole rings is 1. The van der Waals surface area contributed by atoms with E-state index in [2.05, 4.69) is 50.0 Å². The fourth-order valence-corrected chi connectivity index (χ4v) is 2.45. The van der Waals surface area contributed by atoms with E-state index in [4.69, 9.17) is 0 Å². The third-order valence-corrected chi connectivity index (χ3v) is 3.63. The minimum Gasteiger partial charge on any atom is -0.338 e. The number of carbonyl (C=O) groups is 1. The summed E-state index contributed by atoms with van der Waals surface area (Å²) < 4.78 is 0. The molecule has 2 rings (SSSR count). The number of likely N-dealkylation sites (tertiary alicyclic amines) is 1. The van der Waals surface area contributed by atoms with Gasteiger partial charge < -0.3 is 15.5 Å². The Labute approximate surface area is 118 Å². The number of amides is 2. The second-order valence-corrected chi connectivity index (χ2v) is 5.49. The summed E-state index contributed by atoms with van der Waals surface area (Å²) in [7, 11) is 0. The van der Waals surface area contributed by atoms with Gasteiger partial charge >= 0.3 is 6.03 Å². The molecule has 20 heavy (non-hydrogen) atoms. The Hall–Kier alpha value is -1.70. The number of aromatic amines is 1. The third kappa shape index (κ3) is 4.44. The molecule has 0 saturated carbocycles. The van der Waals surface area contributed by atoms with Crippen molar-refractivity contribution in [1.82, 2.24) is 36.2 Å². The van der Waals surface area contributed by atoms with Crippen molar-refractivity contribution >= 4 is 6.03 Å². The highest BCUT2D eigenvalue weighted by atomic mass is 16.2. The Morgan fingerprint density at radius 2 is 2.35 bits per heavy atom. The Morgan fingerprint density at radius 3 is 3.05 bits per heavy atom. The largest absolute Gasteiger partial charge is 0.338 e. The van der Waals surface area contributed by atoms with Crippen molar-refractivity contribution in [2.24, 2.45) is 5.92 Å². The van der Waals surface area contributed by atoms with E-state index in [0.717, 1.165) is 13.1 Å². The zero-order valence-electron chi connectivity index (χ0n) is 12.1. The lowest BCUT2D eigenvalue weighted by molar-refractivity contribution is 0.139. The van der Waals surface area contributed by atoms with Gasteiger partial charge in [-0.2, -0.15) is 5.21 Å². The molecule has 0 radical (unpaired) electrons. The number of hydrogen-bond donors (Lipinski definition) is 3. The van der Waals surface area contributed by atoms with Gasteiger partial charge in [0.2, 0.25) is 0 Å². The van der Waals surface area contributed by atoms with Gasteiger partial charge in [0.15, 0.2) is 5.82 Å². The van der Waals surface area contributed by atoms with Gasteiger partial charge in [-0.25, -0.2) is 4.79 Å². The molecule has 0 aliphatic carbocycles. The molecule has 2 amide bonds. The molecular formula is C12H23N7O. The van der Waals surface area contributed by atoms with Crippen molar-refractivity contribution in [1.29, 1.82) is 0 Å². The van der Waals surface area contributed by atoms with Crippen molar-refractivity contribution in [3.8, 4) is 0 Å². The maximum absolute atomic E-state index is 11.7. The number of nitrogens with one attached hydrogen (secondary N) is 3. The van der Waals surface area contributed by atoms with Crippen LogP contribution >= 0.6 is 0 Å². The van der Waals surface area contributed by atoms with E-state index in [1.54, 1.807) is 0 Å². The van der Waals surface area contributed by atoms with Crippen LogP contribution in [0.5, 0.6) is 0 Å². The van der Waals surface area contributed by atoms with Gasteiger partial charge in [0.05, 0.1) is 6.54 Å². The fourth-order valence-electron chi connectivity index (χ4n) is 2.45. The zero-order valence-corrected chi connectivity index (χ0v) is 12.1. The van der Waals surface area contributed by atoms with Crippen LogP contribution in [0.1, 0.15) is 32.5 Å². The first kappa shape index (κ1) is 14.7. The smallest absolute Gasteiger partial charge is 0.315 e. The topological polar surface area (TPSA) is 98.8 Å². The maximum atomic E-state index is 11.7. The normalized spacial score (nSPS) is 20.1. The highest BCUT2D eigenvalue weighted by molar-refractivity contribution is 5.73. The van der Waals surface area contributed by atoms with Crippen molar-refractivity contribution in [3.05, 3.63) is 5.82 Å². The van der Waals surface area contributed by atoms with Crippen LogP contribution in [0.4, 0.5) is 4.79 Å². The van der Waals surface area contributed by atoms with Crippen LogP contribution in [0, 0.1) is 5.92 Å². The molecule has 3 N–H and O–H groups in total. The molecular weight excluding hydrogens is 258 g/mol. The van der Waals surface area contributed by atoms with Crippen molar-refractivity contribution in [2.45, 2.75) is 39.3 Å². The highest BCUT2D eigenvalue weighted by Crippen LogP contribution is 2.17. The number of piperidine rings is 1. The molecule has 1 fully saturated rings. The summed E-state index contributed by atoms with van der Waals surface area (Å²) in [6, 6.07) is 0.390. The lowest BCUT2D eigenvalue weighted by atomic mass is 9.97. The SMILES string of the molecule is CC(C)N1CCCC(CNC(=O)NCc2nn[nH]n2)C1. The predicted molar refractivity (Wildman–Crippen MR) is 73.8 cm³/mol. The Kier molecular flexibility index (Phi) is 5.28. The molecule has 0 aromatic carbocycles. The minimum absolute atomic E-state index is 0.184. The fraction of sp³-hybridized carbons (Fsp3) is 0.833. The first-order valence-electron chi connectivity index (χ1n) is 7.13. The number of aromatic nitrogens is 4. The standard InChI is InChI=1S/C12H23N7O/c1-9(2)19-5-3-4-10(8-19)6-13-12(20)14-7-11-15-17-18-16-11/h9-10H,3-8H2,1-2H3,(H2,13,14,20)(H,15,16,17,18). The molecule has 112 valence electrons. The second-order valence-electron chi connectivity index (χ2n) is 5.49. The lowest BCUT2D eigenvalue weighted by Gasteiger charge is -2.35. The van der Waals surface area contributed by atoms with Gasteiger partial charge in [-0.15, -0.1) is 10.2 Å². The summed E-state index contributed by atoms with van der Waals surface area (Å²) in [6.45, 7) is 7.65. The van der Waals surface area contributed by atoms with Crippen LogP contribution in [0.3, 0.4) is 0 Å². The summed E-state index contributed by atoms with van der Waals surface area (Å²) in [4.78, 5) is 14.1. The molecule has 1 saturated heterocycles. The molecule has 8 nitrogen and oxygen atoms in total. The van der Waals surface area contributed by atoms with Gasteiger partial charge in [-0.05, 0) is 39.2 Å². The third-order valence-electron chi connectivity index (χ3n) is 3.63. The van der Waals surface area contributed by atoms with E-state index in [0.29, 0.717) is 24.3 Å². The summed E-state index contributed by atoms with van der Waals surface area (Å²) in [5, 5.41) is 18.9. The van der Waals surface area contributed by atoms with Crippen molar-refractivity contribution in [3.63, 3.8) is 0 Å². The van der Waals surface area contributed by atoms with E-state index in [-0.39, 0.29) is 12.6 Å². The van der Waals surface area contributed by atoms with Crippen molar-refractivity contribution in [2.75, 3.05) is 19.6 Å². The van der Waals surface area contributed by atoms with Crippen LogP contribution in [0.2, 0.25) is 0 Å². The molecule has 1 aromatic heterocycles. The first-order valence-corrected chi connectivity index (χ1v) is 7.13. The van der Waals surface area contributed by atoms with Crippen LogP contribution in [-0.4, -0.2) is 57.2 Å². The molecule has 1 aromatic rings. The van der Waals surface area contributed by atoms with Crippen molar-refractivity contribution < 1.29 is 4.79 Å². The summed E-state index contributed by atoms with van der Waals surface area (Å²) >= 11 is 0. The van der Waals surface area contributed by atoms with Gasteiger partial charge in [0.25, 0.3) is 0 Å². The molecule has 1 atom stereocenters. The van der Waals surface area contributed by atoms with Crippen LogP contribution in [-0.2, 0) is 6.54 Å². The monoisotopic (exact) mass is 281 g/mol. The molecule has 0 bridgehead atoms. The maximum Gasteiger partial charge on any atom is 0.315 e. The van der Waals surface area contributed by atoms with Crippen LogP contribution < -0.4 is 10.6 Å². The van der Waals surface area contributed by atoms with E-state index in [9.17, 15) is 4.79 Å². The molecule has 8 heteroatoms. The Morgan fingerprint density at radius 1 is 1.50 bits per heavy atom.